The Morgan fingerprint density at radius 3 is 1.42 bits per heavy atom. The van der Waals surface area contributed by atoms with Crippen LogP contribution in [0.1, 0.15) is 115 Å². The van der Waals surface area contributed by atoms with Gasteiger partial charge in [-0.25, -0.2) is 0 Å². The second-order valence-electron chi connectivity index (χ2n) is 18.2. The van der Waals surface area contributed by atoms with Crippen molar-refractivity contribution in [3.05, 3.63) is 212 Å². The molecule has 12 rings (SSSR count). The van der Waals surface area contributed by atoms with Crippen LogP contribution >= 0.6 is 0 Å². The van der Waals surface area contributed by atoms with E-state index in [1.165, 1.54) is 60.7 Å². The molecule has 10 N–H and O–H groups in total. The smallest absolute Gasteiger partial charge is 0.135 e. The van der Waals surface area contributed by atoms with Crippen molar-refractivity contribution in [3.8, 4) is 69.0 Å². The van der Waals surface area contributed by atoms with Crippen molar-refractivity contribution < 1.29 is 65.3 Å². The number of hydrogen-bond donors (Lipinski definition) is 10. The lowest BCUT2D eigenvalue weighted by molar-refractivity contribution is 0.157. The molecule has 4 aliphatic rings. The topological polar surface area (TPSA) is 230 Å². The second kappa shape index (κ2) is 15.4. The molecule has 0 radical (unpaired) electrons. The molecule has 8 unspecified atom stereocenters. The van der Waals surface area contributed by atoms with E-state index in [-0.39, 0.29) is 57.5 Å². The number of aromatic hydroxyl groups is 9. The van der Waals surface area contributed by atoms with E-state index in [0.29, 0.717) is 78.3 Å². The largest absolute Gasteiger partial charge is 0.508 e. The summed E-state index contributed by atoms with van der Waals surface area (Å²) in [7, 11) is 0. The molecule has 13 heteroatoms. The van der Waals surface area contributed by atoms with Crippen LogP contribution in [0.5, 0.6) is 69.0 Å². The third-order valence-corrected chi connectivity index (χ3v) is 14.1. The zero-order valence-electron chi connectivity index (χ0n) is 36.2. The minimum absolute atomic E-state index is 0.00369. The van der Waals surface area contributed by atoms with Gasteiger partial charge in [-0.3, -0.25) is 0 Å². The number of rotatable bonds is 6. The fraction of sp³-hybridized carbons (Fsp3) is 0.143. The summed E-state index contributed by atoms with van der Waals surface area (Å²) in [5.74, 6) is -3.14. The maximum atomic E-state index is 12.4. The Morgan fingerprint density at radius 2 is 0.768 bits per heavy atom. The number of benzene rings is 8. The first-order valence-electron chi connectivity index (χ1n) is 22.3. The van der Waals surface area contributed by atoms with E-state index in [2.05, 4.69) is 0 Å². The first kappa shape index (κ1) is 41.7. The lowest BCUT2D eigenvalue weighted by Crippen LogP contribution is -2.17. The van der Waals surface area contributed by atoms with E-state index in [4.69, 9.17) is 14.2 Å². The lowest BCUT2D eigenvalue weighted by Gasteiger charge is -2.27. The van der Waals surface area contributed by atoms with E-state index < -0.39 is 48.1 Å². The SMILES string of the molecule is Oc1ccc(C2Oc3ccc(O)c(C4c5cc(C6Oc7cc(O)cc8c7C6c6cc(O)cc(O)c6C(c6ccc(O)cc6)C8O)ccc5OC4c4ccc(O)cc4)c3C2c2cc(O)cc(O)c2)cc1. The molecule has 8 aromatic rings. The van der Waals surface area contributed by atoms with Gasteiger partial charge >= 0.3 is 0 Å². The van der Waals surface area contributed by atoms with Crippen LogP contribution in [0.4, 0.5) is 0 Å². The highest BCUT2D eigenvalue weighted by Crippen LogP contribution is 2.63. The second-order valence-corrected chi connectivity index (χ2v) is 18.2. The molecule has 0 saturated carbocycles. The summed E-state index contributed by atoms with van der Waals surface area (Å²) in [4.78, 5) is 0. The van der Waals surface area contributed by atoms with Gasteiger partial charge in [0.2, 0.25) is 0 Å². The third-order valence-electron chi connectivity index (χ3n) is 14.1. The van der Waals surface area contributed by atoms with Crippen molar-refractivity contribution in [2.24, 2.45) is 0 Å². The molecule has 344 valence electrons. The summed E-state index contributed by atoms with van der Waals surface area (Å²) in [6, 6.07) is 38.1. The minimum Gasteiger partial charge on any atom is -0.508 e. The van der Waals surface area contributed by atoms with Gasteiger partial charge in [-0.15, -0.1) is 0 Å². The minimum atomic E-state index is -1.34. The molecule has 1 aliphatic carbocycles. The zero-order valence-corrected chi connectivity index (χ0v) is 36.2. The molecular formula is C56H42O13. The monoisotopic (exact) mass is 922 g/mol. The Labute approximate surface area is 393 Å². The van der Waals surface area contributed by atoms with Crippen LogP contribution in [0, 0.1) is 0 Å². The molecule has 8 atom stereocenters. The normalized spacial score (nSPS) is 22.6. The fourth-order valence-electron chi connectivity index (χ4n) is 11.3. The van der Waals surface area contributed by atoms with Crippen molar-refractivity contribution in [1.82, 2.24) is 0 Å². The fourth-order valence-corrected chi connectivity index (χ4v) is 11.3. The van der Waals surface area contributed by atoms with Crippen molar-refractivity contribution in [2.45, 2.75) is 48.1 Å². The summed E-state index contributed by atoms with van der Waals surface area (Å²) in [5.41, 5.74) is 6.24. The summed E-state index contributed by atoms with van der Waals surface area (Å²) in [6.45, 7) is 0. The van der Waals surface area contributed by atoms with Gasteiger partial charge in [0.05, 0.1) is 23.9 Å². The van der Waals surface area contributed by atoms with E-state index in [0.717, 1.165) is 0 Å². The molecule has 3 heterocycles. The molecule has 3 aliphatic heterocycles. The number of phenols is 9. The molecule has 8 aromatic carbocycles. The standard InChI is InChI=1S/C56H42O13/c57-30-8-1-25(2-9-30)45-47-38(21-35(62)23-41(47)65)50-48-39(53(45)66)22-36(63)24-44(48)69-56(50)28-7-15-42-37(19-28)49(55(67-42)27-5-12-32(59)13-6-27)51-40(64)14-16-43-52(51)46(29-17-33(60)20-34(61)18-29)54(68-43)26-3-10-31(58)11-4-26/h1-24,45-46,49-50,53-66H. The van der Waals surface area contributed by atoms with Gasteiger partial charge in [-0.1, -0.05) is 42.5 Å². The van der Waals surface area contributed by atoms with Crippen molar-refractivity contribution in [3.63, 3.8) is 0 Å². The van der Waals surface area contributed by atoms with Crippen LogP contribution in [0.25, 0.3) is 0 Å². The first-order chi connectivity index (χ1) is 33.3. The molecule has 0 saturated heterocycles. The molecule has 69 heavy (non-hydrogen) atoms. The summed E-state index contributed by atoms with van der Waals surface area (Å²) in [6.07, 6.45) is -3.80. The highest BCUT2D eigenvalue weighted by molar-refractivity contribution is 5.67. The van der Waals surface area contributed by atoms with Crippen molar-refractivity contribution in [1.29, 1.82) is 0 Å². The van der Waals surface area contributed by atoms with E-state index in [9.17, 15) is 51.1 Å². The van der Waals surface area contributed by atoms with Gasteiger partial charge in [-0.05, 0) is 124 Å². The van der Waals surface area contributed by atoms with Gasteiger partial charge in [0.25, 0.3) is 0 Å². The molecule has 13 nitrogen and oxygen atoms in total. The quantitative estimate of drug-likeness (QED) is 0.0750. The molecule has 0 bridgehead atoms. The molecule has 0 aromatic heterocycles. The van der Waals surface area contributed by atoms with Gasteiger partial charge in [0, 0.05) is 51.9 Å². The average molecular weight is 923 g/mol. The number of hydrogen-bond acceptors (Lipinski definition) is 13. The highest BCUT2D eigenvalue weighted by atomic mass is 16.5. The average Bonchev–Trinajstić information content (AvgIpc) is 4.00. The van der Waals surface area contributed by atoms with E-state index >= 15 is 0 Å². The van der Waals surface area contributed by atoms with Crippen LogP contribution in [0.3, 0.4) is 0 Å². The number of phenolic OH excluding ortho intramolecular Hbond substituents is 9. The maximum absolute atomic E-state index is 12.4. The van der Waals surface area contributed by atoms with Gasteiger partial charge in [0.1, 0.15) is 87.3 Å². The van der Waals surface area contributed by atoms with Crippen LogP contribution in [-0.4, -0.2) is 51.1 Å². The Balaban J connectivity index is 1.06. The molecule has 0 spiro atoms. The predicted molar refractivity (Wildman–Crippen MR) is 249 cm³/mol. The molecule has 0 fully saturated rings. The summed E-state index contributed by atoms with van der Waals surface area (Å²) >= 11 is 0. The van der Waals surface area contributed by atoms with E-state index in [1.54, 1.807) is 72.8 Å². The summed E-state index contributed by atoms with van der Waals surface area (Å²) in [5, 5.41) is 111. The van der Waals surface area contributed by atoms with Crippen LogP contribution in [0.2, 0.25) is 0 Å². The number of fused-ring (bicyclic) bond motifs is 4. The van der Waals surface area contributed by atoms with Crippen LogP contribution in [-0.2, 0) is 0 Å². The zero-order chi connectivity index (χ0) is 47.6. The van der Waals surface area contributed by atoms with Crippen molar-refractivity contribution in [2.75, 3.05) is 0 Å². The molecule has 0 amide bonds. The van der Waals surface area contributed by atoms with E-state index in [1.807, 2.05) is 12.1 Å². The van der Waals surface area contributed by atoms with Crippen molar-refractivity contribution >= 4 is 0 Å². The predicted octanol–water partition coefficient (Wildman–Crippen LogP) is 10.0. The van der Waals surface area contributed by atoms with Gasteiger partial charge in [0.15, 0.2) is 0 Å². The Morgan fingerprint density at radius 1 is 0.275 bits per heavy atom. The van der Waals surface area contributed by atoms with Gasteiger partial charge in [-0.2, -0.15) is 0 Å². The Kier molecular flexibility index (Phi) is 9.34. The highest BCUT2D eigenvalue weighted by Gasteiger charge is 2.50. The third kappa shape index (κ3) is 6.64. The summed E-state index contributed by atoms with van der Waals surface area (Å²) < 4.78 is 20.4. The Hall–Kier alpha value is -8.68. The lowest BCUT2D eigenvalue weighted by atomic mass is 9.75. The molecular weight excluding hydrogens is 881 g/mol. The maximum Gasteiger partial charge on any atom is 0.135 e. The van der Waals surface area contributed by atoms with Crippen LogP contribution < -0.4 is 14.2 Å². The Bertz CT molecular complexity index is 3350. The number of aliphatic hydroxyl groups excluding tert-OH is 1. The number of aliphatic hydroxyl groups is 1. The van der Waals surface area contributed by atoms with Gasteiger partial charge < -0.3 is 65.3 Å². The number of ether oxygens (including phenoxy) is 3. The van der Waals surface area contributed by atoms with Crippen LogP contribution in [0.15, 0.2) is 146 Å². The first-order valence-corrected chi connectivity index (χ1v) is 22.3.